The minimum atomic E-state index is -4.76. The predicted octanol–water partition coefficient (Wildman–Crippen LogP) is 1.93. The number of rotatable bonds is 2. The Kier molecular flexibility index (Phi) is 4.14. The summed E-state index contributed by atoms with van der Waals surface area (Å²) in [4.78, 5) is 13.2. The van der Waals surface area contributed by atoms with Gasteiger partial charge in [0, 0.05) is 12.6 Å². The molecule has 0 aromatic carbocycles. The lowest BCUT2D eigenvalue weighted by Crippen LogP contribution is -2.51. The summed E-state index contributed by atoms with van der Waals surface area (Å²) >= 11 is 0. The van der Waals surface area contributed by atoms with E-state index in [0.717, 1.165) is 38.8 Å². The maximum absolute atomic E-state index is 12.1. The van der Waals surface area contributed by atoms with Gasteiger partial charge in [0.2, 0.25) is 0 Å². The normalized spacial score (nSPS) is 29.7. The number of carbonyl (C=O) groups excluding carboxylic acids is 1. The van der Waals surface area contributed by atoms with E-state index >= 15 is 0 Å². The smallest absolute Gasteiger partial charge is 0.348 e. The average molecular weight is 264 g/mol. The second-order valence-electron chi connectivity index (χ2n) is 5.21. The lowest BCUT2D eigenvalue weighted by Gasteiger charge is -2.44. The number of halogens is 3. The monoisotopic (exact) mass is 264 g/mol. The predicted molar refractivity (Wildman–Crippen MR) is 61.0 cm³/mol. The third kappa shape index (κ3) is 3.16. The largest absolute Gasteiger partial charge is 0.471 e. The number of amides is 1. The molecule has 2 rings (SSSR count). The highest BCUT2D eigenvalue weighted by Crippen LogP contribution is 2.30. The third-order valence-corrected chi connectivity index (χ3v) is 4.01. The van der Waals surface area contributed by atoms with Crippen LogP contribution in [0.1, 0.15) is 32.1 Å². The van der Waals surface area contributed by atoms with Crippen LogP contribution in [0.15, 0.2) is 0 Å². The Morgan fingerprint density at radius 3 is 2.61 bits per heavy atom. The summed E-state index contributed by atoms with van der Waals surface area (Å²) in [5, 5.41) is 2.03. The number of piperidine rings is 2. The van der Waals surface area contributed by atoms with Crippen molar-refractivity contribution >= 4 is 5.91 Å². The van der Waals surface area contributed by atoms with E-state index in [4.69, 9.17) is 0 Å². The van der Waals surface area contributed by atoms with Gasteiger partial charge in [-0.05, 0) is 44.7 Å². The first kappa shape index (κ1) is 13.6. The van der Waals surface area contributed by atoms with Crippen LogP contribution in [0, 0.1) is 5.92 Å². The molecule has 0 aromatic heterocycles. The van der Waals surface area contributed by atoms with Crippen LogP contribution in [-0.2, 0) is 4.79 Å². The number of nitrogens with one attached hydrogen (secondary N) is 1. The number of fused-ring (bicyclic) bond motifs is 1. The van der Waals surface area contributed by atoms with Crippen LogP contribution < -0.4 is 5.32 Å². The van der Waals surface area contributed by atoms with Crippen LogP contribution in [-0.4, -0.2) is 42.7 Å². The molecule has 3 nitrogen and oxygen atoms in total. The lowest BCUT2D eigenvalue weighted by atomic mass is 9.83. The van der Waals surface area contributed by atoms with Gasteiger partial charge in [-0.25, -0.2) is 0 Å². The van der Waals surface area contributed by atoms with Crippen LogP contribution in [0.25, 0.3) is 0 Å². The number of hydrogen-bond donors (Lipinski definition) is 1. The summed E-state index contributed by atoms with van der Waals surface area (Å²) in [6.07, 6.45) is 0.541. The molecule has 0 saturated carbocycles. The molecule has 0 bridgehead atoms. The Bertz CT molecular complexity index is 304. The maximum atomic E-state index is 12.1. The van der Waals surface area contributed by atoms with Crippen LogP contribution in [0.2, 0.25) is 0 Å². The average Bonchev–Trinajstić information content (AvgIpc) is 2.34. The van der Waals surface area contributed by atoms with Crippen LogP contribution >= 0.6 is 0 Å². The van der Waals surface area contributed by atoms with Gasteiger partial charge < -0.3 is 10.2 Å². The van der Waals surface area contributed by atoms with Gasteiger partial charge in [-0.1, -0.05) is 6.42 Å². The van der Waals surface area contributed by atoms with Gasteiger partial charge in [0.15, 0.2) is 0 Å². The second kappa shape index (κ2) is 5.47. The highest BCUT2D eigenvalue weighted by molar-refractivity contribution is 5.81. The molecule has 0 radical (unpaired) electrons. The van der Waals surface area contributed by atoms with E-state index < -0.39 is 12.1 Å². The standard InChI is InChI=1S/C12H19F3N2O/c13-12(14,15)11(18)16-8-9-4-3-7-17-6-2-1-5-10(9)17/h9-10H,1-8H2,(H,16,18)/t9-,10-/m1/s1. The number of carbonyl (C=O) groups is 1. The summed E-state index contributed by atoms with van der Waals surface area (Å²) in [5.74, 6) is -1.64. The molecule has 18 heavy (non-hydrogen) atoms. The van der Waals surface area contributed by atoms with E-state index in [1.807, 2.05) is 5.32 Å². The zero-order valence-electron chi connectivity index (χ0n) is 10.3. The second-order valence-corrected chi connectivity index (χ2v) is 5.21. The van der Waals surface area contributed by atoms with Gasteiger partial charge in [0.1, 0.15) is 0 Å². The minimum absolute atomic E-state index is 0.152. The molecular formula is C12H19F3N2O. The fraction of sp³-hybridized carbons (Fsp3) is 0.917. The SMILES string of the molecule is O=C(NC[C@H]1CCCN2CCCC[C@H]12)C(F)(F)F. The molecule has 104 valence electrons. The van der Waals surface area contributed by atoms with Crippen molar-refractivity contribution in [2.75, 3.05) is 19.6 Å². The van der Waals surface area contributed by atoms with E-state index in [0.29, 0.717) is 6.04 Å². The van der Waals surface area contributed by atoms with Crippen molar-refractivity contribution in [3.8, 4) is 0 Å². The first-order valence-corrected chi connectivity index (χ1v) is 6.57. The van der Waals surface area contributed by atoms with Gasteiger partial charge in [-0.15, -0.1) is 0 Å². The van der Waals surface area contributed by atoms with E-state index in [-0.39, 0.29) is 12.5 Å². The van der Waals surface area contributed by atoms with E-state index in [9.17, 15) is 18.0 Å². The summed E-state index contributed by atoms with van der Waals surface area (Å²) in [6, 6.07) is 0.362. The van der Waals surface area contributed by atoms with Gasteiger partial charge in [0.05, 0.1) is 0 Å². The number of hydrogen-bond acceptors (Lipinski definition) is 2. The van der Waals surface area contributed by atoms with Crippen molar-refractivity contribution < 1.29 is 18.0 Å². The Hall–Kier alpha value is -0.780. The molecule has 2 aliphatic heterocycles. The number of nitrogens with zero attached hydrogens (tertiary/aromatic N) is 1. The molecule has 2 atom stereocenters. The molecule has 1 N–H and O–H groups in total. The van der Waals surface area contributed by atoms with Crippen molar-refractivity contribution in [1.82, 2.24) is 10.2 Å². The molecule has 2 fully saturated rings. The first-order chi connectivity index (χ1) is 8.48. The third-order valence-electron chi connectivity index (χ3n) is 4.01. The zero-order valence-corrected chi connectivity index (χ0v) is 10.3. The summed E-state index contributed by atoms with van der Waals surface area (Å²) in [5.41, 5.74) is 0. The number of alkyl halides is 3. The summed E-state index contributed by atoms with van der Waals surface area (Å²) in [6.45, 7) is 2.25. The molecule has 2 heterocycles. The molecule has 2 saturated heterocycles. The molecule has 0 aliphatic carbocycles. The molecule has 0 unspecified atom stereocenters. The fourth-order valence-electron chi connectivity index (χ4n) is 3.14. The Labute approximate surface area is 105 Å². The molecular weight excluding hydrogens is 245 g/mol. The Morgan fingerprint density at radius 1 is 1.17 bits per heavy atom. The summed E-state index contributed by atoms with van der Waals surface area (Å²) < 4.78 is 36.3. The maximum Gasteiger partial charge on any atom is 0.471 e. The van der Waals surface area contributed by atoms with Crippen molar-refractivity contribution in [1.29, 1.82) is 0 Å². The van der Waals surface area contributed by atoms with Crippen molar-refractivity contribution in [2.45, 2.75) is 44.3 Å². The molecule has 1 amide bonds. The minimum Gasteiger partial charge on any atom is -0.348 e. The van der Waals surface area contributed by atoms with Gasteiger partial charge >= 0.3 is 12.1 Å². The molecule has 2 aliphatic rings. The Morgan fingerprint density at radius 2 is 1.89 bits per heavy atom. The molecule has 0 spiro atoms. The lowest BCUT2D eigenvalue weighted by molar-refractivity contribution is -0.174. The first-order valence-electron chi connectivity index (χ1n) is 6.57. The van der Waals surface area contributed by atoms with Crippen LogP contribution in [0.3, 0.4) is 0 Å². The van der Waals surface area contributed by atoms with Crippen molar-refractivity contribution in [3.05, 3.63) is 0 Å². The van der Waals surface area contributed by atoms with E-state index in [1.165, 1.54) is 6.42 Å². The van der Waals surface area contributed by atoms with Gasteiger partial charge in [-0.3, -0.25) is 4.79 Å². The zero-order chi connectivity index (χ0) is 13.2. The topological polar surface area (TPSA) is 32.3 Å². The summed E-state index contributed by atoms with van der Waals surface area (Å²) in [7, 11) is 0. The van der Waals surface area contributed by atoms with Gasteiger partial charge in [0.25, 0.3) is 0 Å². The highest BCUT2D eigenvalue weighted by atomic mass is 19.4. The van der Waals surface area contributed by atoms with Crippen molar-refractivity contribution in [2.24, 2.45) is 5.92 Å². The van der Waals surface area contributed by atoms with Crippen LogP contribution in [0.5, 0.6) is 0 Å². The highest BCUT2D eigenvalue weighted by Gasteiger charge is 2.40. The molecule has 6 heteroatoms. The molecule has 0 aromatic rings. The van der Waals surface area contributed by atoms with Crippen LogP contribution in [0.4, 0.5) is 13.2 Å². The quantitative estimate of drug-likeness (QED) is 0.826. The fourth-order valence-corrected chi connectivity index (χ4v) is 3.14. The Balaban J connectivity index is 1.86. The van der Waals surface area contributed by atoms with E-state index in [2.05, 4.69) is 4.90 Å². The van der Waals surface area contributed by atoms with Crippen molar-refractivity contribution in [3.63, 3.8) is 0 Å². The van der Waals surface area contributed by atoms with Gasteiger partial charge in [-0.2, -0.15) is 13.2 Å². The van der Waals surface area contributed by atoms with E-state index in [1.54, 1.807) is 0 Å².